The Kier molecular flexibility index (Phi) is 3.60. The van der Waals surface area contributed by atoms with E-state index >= 15 is 0 Å². The van der Waals surface area contributed by atoms with Gasteiger partial charge in [0, 0.05) is 21.5 Å². The highest BCUT2D eigenvalue weighted by Gasteiger charge is 2.48. The molecule has 2 rings (SSSR count). The molecule has 1 unspecified atom stereocenters. The average molecular weight is 333 g/mol. The van der Waals surface area contributed by atoms with Crippen LogP contribution in [0.2, 0.25) is 0 Å². The Morgan fingerprint density at radius 3 is 2.60 bits per heavy atom. The summed E-state index contributed by atoms with van der Waals surface area (Å²) in [6, 6.07) is 5.89. The number of nitrogens with zero attached hydrogens (tertiary/aromatic N) is 2. The van der Waals surface area contributed by atoms with Crippen molar-refractivity contribution in [2.75, 3.05) is 0 Å². The molecular formula is C16H17BrN2O. The first-order valence-corrected chi connectivity index (χ1v) is 7.30. The Balaban J connectivity index is 2.74. The lowest BCUT2D eigenvalue weighted by Gasteiger charge is -2.42. The first-order chi connectivity index (χ1) is 9.24. The van der Waals surface area contributed by atoms with Crippen molar-refractivity contribution >= 4 is 21.7 Å². The van der Waals surface area contributed by atoms with Crippen LogP contribution in [0, 0.1) is 16.7 Å². The van der Waals surface area contributed by atoms with E-state index in [9.17, 15) is 10.1 Å². The Morgan fingerprint density at radius 2 is 2.05 bits per heavy atom. The summed E-state index contributed by atoms with van der Waals surface area (Å²) >= 11 is 3.54. The molecule has 3 nitrogen and oxygen atoms in total. The fourth-order valence-electron chi connectivity index (χ4n) is 3.07. The molecule has 4 heteroatoms. The first kappa shape index (κ1) is 14.9. The summed E-state index contributed by atoms with van der Waals surface area (Å²) in [7, 11) is 0. The van der Waals surface area contributed by atoms with Gasteiger partial charge in [0.05, 0.1) is 11.3 Å². The SMILES string of the molecule is CC1=C(C#N)C(=O)C(C)(C)CC1(C)c1ncccc1Br. The number of aromatic nitrogens is 1. The molecule has 0 saturated carbocycles. The number of ketones is 1. The van der Waals surface area contributed by atoms with Crippen LogP contribution in [0.1, 0.15) is 39.8 Å². The van der Waals surface area contributed by atoms with Crippen LogP contribution in [0.3, 0.4) is 0 Å². The normalized spacial score (nSPS) is 25.5. The monoisotopic (exact) mass is 332 g/mol. The van der Waals surface area contributed by atoms with Crippen molar-refractivity contribution in [1.29, 1.82) is 5.26 Å². The van der Waals surface area contributed by atoms with Gasteiger partial charge in [-0.3, -0.25) is 9.78 Å². The molecule has 0 N–H and O–H groups in total. The molecule has 1 heterocycles. The zero-order valence-corrected chi connectivity index (χ0v) is 13.7. The molecule has 104 valence electrons. The quantitative estimate of drug-likeness (QED) is 0.782. The molecule has 1 aromatic heterocycles. The van der Waals surface area contributed by atoms with Gasteiger partial charge in [-0.2, -0.15) is 5.26 Å². The summed E-state index contributed by atoms with van der Waals surface area (Å²) in [5, 5.41) is 9.35. The van der Waals surface area contributed by atoms with E-state index in [0.717, 1.165) is 15.7 Å². The van der Waals surface area contributed by atoms with E-state index in [0.29, 0.717) is 6.42 Å². The largest absolute Gasteiger partial charge is 0.293 e. The molecule has 0 aromatic carbocycles. The van der Waals surface area contributed by atoms with Crippen LogP contribution in [0.5, 0.6) is 0 Å². The Hall–Kier alpha value is -1.47. The number of hydrogen-bond donors (Lipinski definition) is 0. The topological polar surface area (TPSA) is 53.8 Å². The van der Waals surface area contributed by atoms with Crippen molar-refractivity contribution in [3.63, 3.8) is 0 Å². The number of nitriles is 1. The Labute approximate surface area is 127 Å². The highest BCUT2D eigenvalue weighted by Crippen LogP contribution is 2.49. The number of Topliss-reactive ketones (excluding diaryl/α,β-unsaturated/α-hetero) is 1. The minimum Gasteiger partial charge on any atom is -0.293 e. The third kappa shape index (κ3) is 2.10. The van der Waals surface area contributed by atoms with Gasteiger partial charge < -0.3 is 0 Å². The van der Waals surface area contributed by atoms with E-state index < -0.39 is 10.8 Å². The lowest BCUT2D eigenvalue weighted by Crippen LogP contribution is -2.42. The summed E-state index contributed by atoms with van der Waals surface area (Å²) in [5.74, 6) is -0.0676. The highest BCUT2D eigenvalue weighted by molar-refractivity contribution is 9.10. The van der Waals surface area contributed by atoms with E-state index in [2.05, 4.69) is 33.9 Å². The Morgan fingerprint density at radius 1 is 1.40 bits per heavy atom. The maximum atomic E-state index is 12.4. The molecule has 0 saturated heterocycles. The van der Waals surface area contributed by atoms with Crippen LogP contribution in [0.25, 0.3) is 0 Å². The van der Waals surface area contributed by atoms with Gasteiger partial charge in [0.25, 0.3) is 0 Å². The van der Waals surface area contributed by atoms with Crippen molar-refractivity contribution in [3.05, 3.63) is 39.6 Å². The molecule has 1 aliphatic rings. The van der Waals surface area contributed by atoms with Crippen molar-refractivity contribution in [2.45, 2.75) is 39.5 Å². The third-order valence-corrected chi connectivity index (χ3v) is 4.87. The van der Waals surface area contributed by atoms with E-state index in [-0.39, 0.29) is 11.4 Å². The summed E-state index contributed by atoms with van der Waals surface area (Å²) in [4.78, 5) is 16.9. The molecule has 20 heavy (non-hydrogen) atoms. The number of pyridine rings is 1. The zero-order valence-electron chi connectivity index (χ0n) is 12.1. The number of carbonyl (C=O) groups is 1. The fraction of sp³-hybridized carbons (Fsp3) is 0.438. The molecule has 0 amide bonds. The third-order valence-electron chi connectivity index (χ3n) is 4.23. The number of hydrogen-bond acceptors (Lipinski definition) is 3. The summed E-state index contributed by atoms with van der Waals surface area (Å²) < 4.78 is 0.907. The second-order valence-corrected chi connectivity index (χ2v) is 7.02. The molecule has 0 bridgehead atoms. The van der Waals surface area contributed by atoms with Crippen LogP contribution in [-0.4, -0.2) is 10.8 Å². The number of allylic oxidation sites excluding steroid dienone is 2. The molecule has 1 aromatic rings. The van der Waals surface area contributed by atoms with Crippen LogP contribution in [-0.2, 0) is 10.2 Å². The lowest BCUT2D eigenvalue weighted by molar-refractivity contribution is -0.124. The molecule has 1 atom stereocenters. The predicted octanol–water partition coefficient (Wildman–Crippen LogP) is 3.94. The second kappa shape index (κ2) is 4.82. The second-order valence-electron chi connectivity index (χ2n) is 6.17. The molecule has 0 spiro atoms. The van der Waals surface area contributed by atoms with Gasteiger partial charge in [0.1, 0.15) is 6.07 Å². The molecule has 0 aliphatic heterocycles. The first-order valence-electron chi connectivity index (χ1n) is 6.51. The smallest absolute Gasteiger partial charge is 0.178 e. The van der Waals surface area contributed by atoms with Crippen molar-refractivity contribution in [3.8, 4) is 6.07 Å². The van der Waals surface area contributed by atoms with Gasteiger partial charge in [-0.15, -0.1) is 0 Å². The predicted molar refractivity (Wildman–Crippen MR) is 81.0 cm³/mol. The standard InChI is InChI=1S/C16H17BrN2O/c1-10-11(8-18)14(20)15(2,3)9-16(10,4)13-12(17)6-5-7-19-13/h5-7H,9H2,1-4H3. The number of rotatable bonds is 1. The average Bonchev–Trinajstić information content (AvgIpc) is 2.37. The van der Waals surface area contributed by atoms with Crippen molar-refractivity contribution in [1.82, 2.24) is 4.98 Å². The van der Waals surface area contributed by atoms with Gasteiger partial charge in [0.15, 0.2) is 5.78 Å². The summed E-state index contributed by atoms with van der Waals surface area (Å²) in [5.41, 5.74) is 0.995. The minimum absolute atomic E-state index is 0.0676. The van der Waals surface area contributed by atoms with Crippen LogP contribution >= 0.6 is 15.9 Å². The van der Waals surface area contributed by atoms with Crippen LogP contribution in [0.15, 0.2) is 33.9 Å². The van der Waals surface area contributed by atoms with Gasteiger partial charge >= 0.3 is 0 Å². The molecule has 0 fully saturated rings. The molecule has 0 radical (unpaired) electrons. The minimum atomic E-state index is -0.559. The lowest BCUT2D eigenvalue weighted by atomic mass is 9.60. The van der Waals surface area contributed by atoms with Crippen molar-refractivity contribution in [2.24, 2.45) is 5.41 Å². The number of carbonyl (C=O) groups excluding carboxylic acids is 1. The van der Waals surface area contributed by atoms with E-state index in [4.69, 9.17) is 0 Å². The molecule has 1 aliphatic carbocycles. The van der Waals surface area contributed by atoms with E-state index in [1.54, 1.807) is 6.20 Å². The summed E-state index contributed by atoms with van der Waals surface area (Å²) in [6.45, 7) is 7.72. The Bertz CT molecular complexity index is 655. The van der Waals surface area contributed by atoms with Gasteiger partial charge in [0.2, 0.25) is 0 Å². The fourth-order valence-corrected chi connectivity index (χ4v) is 3.76. The molecular weight excluding hydrogens is 316 g/mol. The van der Waals surface area contributed by atoms with Crippen molar-refractivity contribution < 1.29 is 4.79 Å². The zero-order chi connectivity index (χ0) is 15.1. The highest BCUT2D eigenvalue weighted by atomic mass is 79.9. The maximum absolute atomic E-state index is 12.4. The maximum Gasteiger partial charge on any atom is 0.178 e. The van der Waals surface area contributed by atoms with Gasteiger partial charge in [-0.1, -0.05) is 20.8 Å². The van der Waals surface area contributed by atoms with Gasteiger partial charge in [-0.25, -0.2) is 0 Å². The van der Waals surface area contributed by atoms with Crippen LogP contribution < -0.4 is 0 Å². The number of halogens is 1. The van der Waals surface area contributed by atoms with E-state index in [1.807, 2.05) is 32.9 Å². The van der Waals surface area contributed by atoms with Gasteiger partial charge in [-0.05, 0) is 47.0 Å². The van der Waals surface area contributed by atoms with Crippen LogP contribution in [0.4, 0.5) is 0 Å². The van der Waals surface area contributed by atoms with E-state index in [1.165, 1.54) is 0 Å². The summed E-state index contributed by atoms with van der Waals surface area (Å²) in [6.07, 6.45) is 2.39.